The highest BCUT2D eigenvalue weighted by Crippen LogP contribution is 2.36. The van der Waals surface area contributed by atoms with E-state index in [-0.39, 0.29) is 0 Å². The van der Waals surface area contributed by atoms with Crippen LogP contribution in [-0.2, 0) is 0 Å². The fraction of sp³-hybridized carbons (Fsp3) is 0.857. The number of likely N-dealkylation sites (N-methyl/N-ethyl adjacent to an activating group) is 1. The highest BCUT2D eigenvalue weighted by Gasteiger charge is 2.33. The van der Waals surface area contributed by atoms with Crippen LogP contribution >= 0.6 is 0 Å². The second-order valence-electron chi connectivity index (χ2n) is 5.93. The van der Waals surface area contributed by atoms with Gasteiger partial charge in [-0.15, -0.1) is 0 Å². The molecule has 1 aliphatic carbocycles. The maximum Gasteiger partial charge on any atom is 0.147 e. The number of aromatic nitrogens is 3. The van der Waals surface area contributed by atoms with E-state index in [0.29, 0.717) is 12.1 Å². The Morgan fingerprint density at radius 2 is 2.00 bits per heavy atom. The van der Waals surface area contributed by atoms with Crippen molar-refractivity contribution < 1.29 is 0 Å². The van der Waals surface area contributed by atoms with Gasteiger partial charge in [0.25, 0.3) is 0 Å². The van der Waals surface area contributed by atoms with E-state index in [1.54, 1.807) is 0 Å². The van der Waals surface area contributed by atoms with Gasteiger partial charge in [0, 0.05) is 6.04 Å². The summed E-state index contributed by atoms with van der Waals surface area (Å²) in [6.07, 6.45) is 3.78. The molecule has 0 amide bonds. The SMILES string of the molecule is CNC1CCC(C(C)C)CC1n1nc(C)nc1C. The number of hydrogen-bond acceptors (Lipinski definition) is 3. The molecule has 4 heteroatoms. The molecule has 1 aromatic rings. The molecule has 2 rings (SSSR count). The summed E-state index contributed by atoms with van der Waals surface area (Å²) in [6, 6.07) is 0.983. The van der Waals surface area contributed by atoms with Crippen LogP contribution in [0.4, 0.5) is 0 Å². The zero-order chi connectivity index (χ0) is 13.3. The molecule has 4 nitrogen and oxygen atoms in total. The fourth-order valence-electron chi connectivity index (χ4n) is 3.24. The Kier molecular flexibility index (Phi) is 4.05. The lowest BCUT2D eigenvalue weighted by Crippen LogP contribution is -2.41. The van der Waals surface area contributed by atoms with Crippen LogP contribution < -0.4 is 5.32 Å². The van der Waals surface area contributed by atoms with Crippen LogP contribution in [0.3, 0.4) is 0 Å². The molecule has 18 heavy (non-hydrogen) atoms. The third-order valence-electron chi connectivity index (χ3n) is 4.39. The van der Waals surface area contributed by atoms with Gasteiger partial charge in [-0.3, -0.25) is 0 Å². The van der Waals surface area contributed by atoms with Crippen LogP contribution in [-0.4, -0.2) is 27.9 Å². The molecule has 3 unspecified atom stereocenters. The van der Waals surface area contributed by atoms with E-state index in [4.69, 9.17) is 0 Å². The Labute approximate surface area is 110 Å². The number of rotatable bonds is 3. The van der Waals surface area contributed by atoms with E-state index < -0.39 is 0 Å². The average molecular weight is 250 g/mol. The van der Waals surface area contributed by atoms with Gasteiger partial charge in [0.2, 0.25) is 0 Å². The van der Waals surface area contributed by atoms with Gasteiger partial charge >= 0.3 is 0 Å². The summed E-state index contributed by atoms with van der Waals surface area (Å²) in [4.78, 5) is 4.45. The molecule has 1 fully saturated rings. The first-order chi connectivity index (χ1) is 8.52. The minimum Gasteiger partial charge on any atom is -0.315 e. The van der Waals surface area contributed by atoms with Gasteiger partial charge in [-0.1, -0.05) is 13.8 Å². The first-order valence-electron chi connectivity index (χ1n) is 7.10. The standard InChI is InChI=1S/C14H26N4/c1-9(2)12-6-7-13(15-5)14(8-12)18-11(4)16-10(3)17-18/h9,12-15H,6-8H2,1-5H3. The van der Waals surface area contributed by atoms with E-state index in [2.05, 4.69) is 47.9 Å². The maximum atomic E-state index is 4.59. The van der Waals surface area contributed by atoms with Crippen LogP contribution in [0.5, 0.6) is 0 Å². The Morgan fingerprint density at radius 1 is 1.28 bits per heavy atom. The van der Waals surface area contributed by atoms with Crippen molar-refractivity contribution in [1.29, 1.82) is 0 Å². The van der Waals surface area contributed by atoms with Crippen LogP contribution in [0, 0.1) is 25.7 Å². The summed E-state index contributed by atoms with van der Waals surface area (Å²) in [5.74, 6) is 3.50. The fourth-order valence-corrected chi connectivity index (χ4v) is 3.24. The summed E-state index contributed by atoms with van der Waals surface area (Å²) >= 11 is 0. The molecule has 0 bridgehead atoms. The van der Waals surface area contributed by atoms with Gasteiger partial charge in [0.05, 0.1) is 6.04 Å². The minimum atomic E-state index is 0.456. The zero-order valence-corrected chi connectivity index (χ0v) is 12.3. The van der Waals surface area contributed by atoms with Crippen molar-refractivity contribution in [2.45, 2.75) is 59.0 Å². The highest BCUT2D eigenvalue weighted by atomic mass is 15.4. The molecule has 1 aromatic heterocycles. The van der Waals surface area contributed by atoms with Crippen molar-refractivity contribution in [3.05, 3.63) is 11.6 Å². The van der Waals surface area contributed by atoms with Gasteiger partial charge in [-0.25, -0.2) is 9.67 Å². The first-order valence-corrected chi connectivity index (χ1v) is 7.10. The molecule has 0 aliphatic heterocycles. The summed E-state index contributed by atoms with van der Waals surface area (Å²) in [6.45, 7) is 8.70. The van der Waals surface area contributed by atoms with Crippen molar-refractivity contribution in [1.82, 2.24) is 20.1 Å². The van der Waals surface area contributed by atoms with Crippen LogP contribution in [0.25, 0.3) is 0 Å². The van der Waals surface area contributed by atoms with Crippen molar-refractivity contribution in [2.75, 3.05) is 7.05 Å². The first kappa shape index (κ1) is 13.5. The van der Waals surface area contributed by atoms with Crippen LogP contribution in [0.2, 0.25) is 0 Å². The largest absolute Gasteiger partial charge is 0.315 e. The van der Waals surface area contributed by atoms with Crippen LogP contribution in [0.15, 0.2) is 0 Å². The van der Waals surface area contributed by atoms with E-state index in [1.807, 2.05) is 6.92 Å². The molecular weight excluding hydrogens is 224 g/mol. The Hall–Kier alpha value is -0.900. The molecule has 0 spiro atoms. The smallest absolute Gasteiger partial charge is 0.147 e. The van der Waals surface area contributed by atoms with Crippen molar-refractivity contribution >= 4 is 0 Å². The van der Waals surface area contributed by atoms with Gasteiger partial charge in [-0.2, -0.15) is 5.10 Å². The number of hydrogen-bond donors (Lipinski definition) is 1. The zero-order valence-electron chi connectivity index (χ0n) is 12.3. The molecule has 0 saturated heterocycles. The lowest BCUT2D eigenvalue weighted by atomic mass is 9.77. The van der Waals surface area contributed by atoms with Gasteiger partial charge in [0.1, 0.15) is 11.6 Å². The van der Waals surface area contributed by atoms with Crippen molar-refractivity contribution in [2.24, 2.45) is 11.8 Å². The predicted octanol–water partition coefficient (Wildman–Crippen LogP) is 2.48. The minimum absolute atomic E-state index is 0.456. The normalized spacial score (nSPS) is 28.9. The summed E-state index contributed by atoms with van der Waals surface area (Å²) < 4.78 is 2.14. The summed E-state index contributed by atoms with van der Waals surface area (Å²) in [7, 11) is 2.06. The molecule has 3 atom stereocenters. The molecule has 1 aliphatic rings. The highest BCUT2D eigenvalue weighted by molar-refractivity contribution is 4.96. The number of nitrogens with one attached hydrogen (secondary N) is 1. The molecule has 1 saturated carbocycles. The molecule has 1 N–H and O–H groups in total. The van der Waals surface area contributed by atoms with Crippen LogP contribution in [0.1, 0.15) is 50.8 Å². The van der Waals surface area contributed by atoms with E-state index in [9.17, 15) is 0 Å². The van der Waals surface area contributed by atoms with Crippen molar-refractivity contribution in [3.8, 4) is 0 Å². The molecule has 0 radical (unpaired) electrons. The summed E-state index contributed by atoms with van der Waals surface area (Å²) in [5.41, 5.74) is 0. The lowest BCUT2D eigenvalue weighted by molar-refractivity contribution is 0.165. The third-order valence-corrected chi connectivity index (χ3v) is 4.39. The van der Waals surface area contributed by atoms with E-state index in [0.717, 1.165) is 23.5 Å². The monoisotopic (exact) mass is 250 g/mol. The van der Waals surface area contributed by atoms with Gasteiger partial charge in [-0.05, 0) is 52.0 Å². The predicted molar refractivity (Wildman–Crippen MR) is 73.6 cm³/mol. The topological polar surface area (TPSA) is 42.7 Å². The molecule has 1 heterocycles. The maximum absolute atomic E-state index is 4.59. The number of nitrogens with zero attached hydrogens (tertiary/aromatic N) is 3. The third kappa shape index (κ3) is 2.58. The average Bonchev–Trinajstić information content (AvgIpc) is 2.67. The quantitative estimate of drug-likeness (QED) is 0.896. The van der Waals surface area contributed by atoms with E-state index in [1.165, 1.54) is 19.3 Å². The second kappa shape index (κ2) is 5.39. The molecule has 0 aromatic carbocycles. The number of aryl methyl sites for hydroxylation is 2. The van der Waals surface area contributed by atoms with Gasteiger partial charge in [0.15, 0.2) is 0 Å². The van der Waals surface area contributed by atoms with E-state index >= 15 is 0 Å². The molecular formula is C14H26N4. The van der Waals surface area contributed by atoms with Crippen molar-refractivity contribution in [3.63, 3.8) is 0 Å². The Morgan fingerprint density at radius 3 is 2.50 bits per heavy atom. The Bertz CT molecular complexity index is 396. The second-order valence-corrected chi connectivity index (χ2v) is 5.93. The lowest BCUT2D eigenvalue weighted by Gasteiger charge is -2.38. The summed E-state index contributed by atoms with van der Waals surface area (Å²) in [5, 5.41) is 8.05. The van der Waals surface area contributed by atoms with Gasteiger partial charge < -0.3 is 5.32 Å². The molecule has 102 valence electrons. The Balaban J connectivity index is 2.23.